The highest BCUT2D eigenvalue weighted by molar-refractivity contribution is 5.79. The largest absolute Gasteiger partial charge is 0.238 e. The highest BCUT2D eigenvalue weighted by atomic mass is 14.9. The Kier molecular flexibility index (Phi) is 51.7. The molecule has 8 heteroatoms. The van der Waals surface area contributed by atoms with E-state index in [1.54, 1.807) is 22.3 Å². The molecule has 4 heterocycles. The Bertz CT molecular complexity index is 3910. The highest BCUT2D eigenvalue weighted by Crippen LogP contribution is 2.42. The molecule has 6 aliphatic rings. The number of nitrogens with zero attached hydrogens (tertiary/aromatic N) is 8. The zero-order valence-electron chi connectivity index (χ0n) is 73.6. The Labute approximate surface area is 675 Å². The third kappa shape index (κ3) is 25.9. The van der Waals surface area contributed by atoms with Gasteiger partial charge in [0.15, 0.2) is 0 Å². The number of aryl methyl sites for hydroxylation is 8. The summed E-state index contributed by atoms with van der Waals surface area (Å²) in [6, 6.07) is 51.9. The average molecular weight is 1490 g/mol. The van der Waals surface area contributed by atoms with E-state index in [1.165, 1.54) is 125 Å². The number of aromatic nitrogens is 8. The molecule has 10 aromatic rings. The van der Waals surface area contributed by atoms with Gasteiger partial charge in [0, 0.05) is 96.1 Å². The van der Waals surface area contributed by atoms with Crippen molar-refractivity contribution in [3.05, 3.63) is 259 Å². The predicted octanol–water partition coefficient (Wildman–Crippen LogP) is 29.2. The van der Waals surface area contributed by atoms with Gasteiger partial charge in [0.2, 0.25) is 0 Å². The number of hydrogen-bond acceptors (Lipinski definition) is 8. The van der Waals surface area contributed by atoms with Crippen LogP contribution in [0.2, 0.25) is 0 Å². The van der Waals surface area contributed by atoms with E-state index in [9.17, 15) is 0 Å². The van der Waals surface area contributed by atoms with Gasteiger partial charge in [-0.3, -0.25) is 0 Å². The first-order valence-electron chi connectivity index (χ1n) is 42.9. The lowest BCUT2D eigenvalue weighted by molar-refractivity contribution is 0.532. The first-order chi connectivity index (χ1) is 52.9. The molecule has 4 atom stereocenters. The Balaban J connectivity index is 0.00000125. The minimum absolute atomic E-state index is 0. The zero-order chi connectivity index (χ0) is 81.0. The molecular weight excluding hydrogens is 1340 g/mol. The number of benzene rings is 6. The van der Waals surface area contributed by atoms with E-state index in [-0.39, 0.29) is 14.9 Å². The topological polar surface area (TPSA) is 103 Å². The quantitative estimate of drug-likeness (QED) is 0.148. The van der Waals surface area contributed by atoms with Crippen LogP contribution in [-0.4, -0.2) is 39.9 Å². The Morgan fingerprint density at radius 2 is 0.491 bits per heavy atom. The van der Waals surface area contributed by atoms with Crippen LogP contribution >= 0.6 is 0 Å². The summed E-state index contributed by atoms with van der Waals surface area (Å²) in [6.45, 7) is 62.5. The van der Waals surface area contributed by atoms with Crippen molar-refractivity contribution in [2.24, 2.45) is 11.8 Å². The Morgan fingerprint density at radius 1 is 0.255 bits per heavy atom. The van der Waals surface area contributed by atoms with Gasteiger partial charge in [-0.2, -0.15) is 0 Å². The Morgan fingerprint density at radius 3 is 0.764 bits per heavy atom. The van der Waals surface area contributed by atoms with Crippen molar-refractivity contribution in [3.63, 3.8) is 0 Å². The maximum atomic E-state index is 4.71. The fourth-order valence-corrected chi connectivity index (χ4v) is 14.2. The number of fused-ring (bicyclic) bond motifs is 14. The van der Waals surface area contributed by atoms with E-state index in [2.05, 4.69) is 259 Å². The standard InChI is InChI=1S/4C15H16N2.2C11H14.9C2H6.2CH4/c2*1-3-13-12-9-10-7-5-6-8-11(10)15(12)17-14(4-2)16-13;2*1-3-12-15-11-8-6-5-7-10(11)9-13(15)17-14(4-2)16-12;2*1-8-7-10-5-3-4-6-11(10)9(8)2;9*1-2;;/h4*5-8H,3-4,9H2,1-2H3;2*3-6,8-9H,7H2,1-2H3;9*1-2H3;2*1H4/t;;;;2*8-,9-;;;;;;;;;;;/m....11.........../s1. The minimum atomic E-state index is 0. The molecule has 8 nitrogen and oxygen atoms in total. The molecule has 0 spiro atoms. The van der Waals surface area contributed by atoms with Crippen molar-refractivity contribution in [1.82, 2.24) is 39.9 Å². The van der Waals surface area contributed by atoms with Crippen LogP contribution in [0.15, 0.2) is 146 Å². The molecule has 0 N–H and O–H groups in total. The fraction of sp³-hybridized carbons (Fsp3) is 0.490. The SMILES string of the molecule is C.C.CC.CC.CC.CC.CC.CC.CC.CC.CC.CCc1nc(CC)c2c(n1)-c1ccccc1C2.CCc1nc(CC)c2c(n1)-c1ccccc1C2.CCc1nc(CC)c2c(n1)Cc1ccccc1-2.CCc1nc(CC)c2c(n1)Cc1ccccc1-2.C[C@@H]1Cc2ccccc2[C@@H]1C.C[C@@H]1Cc2ccccc2[C@@H]1C. The second-order valence-electron chi connectivity index (χ2n) is 25.1. The van der Waals surface area contributed by atoms with Gasteiger partial charge in [-0.1, -0.05) is 368 Å². The average Bonchev–Trinajstić information content (AvgIpc) is 1.63. The highest BCUT2D eigenvalue weighted by Gasteiger charge is 2.29. The van der Waals surface area contributed by atoms with E-state index in [0.29, 0.717) is 0 Å². The molecule has 0 unspecified atom stereocenters. The van der Waals surface area contributed by atoms with Crippen LogP contribution in [-0.2, 0) is 89.9 Å². The number of hydrogen-bond donors (Lipinski definition) is 0. The van der Waals surface area contributed by atoms with Crippen LogP contribution in [0.25, 0.3) is 44.8 Å². The zero-order valence-corrected chi connectivity index (χ0v) is 73.6. The van der Waals surface area contributed by atoms with Gasteiger partial charge >= 0.3 is 0 Å². The molecule has 16 rings (SSSR count). The molecule has 0 fully saturated rings. The lowest BCUT2D eigenvalue weighted by atomic mass is 9.97. The second kappa shape index (κ2) is 55.9. The molecule has 6 aromatic carbocycles. The van der Waals surface area contributed by atoms with Crippen LogP contribution < -0.4 is 0 Å². The van der Waals surface area contributed by atoms with Crippen molar-refractivity contribution < 1.29 is 0 Å². The summed E-state index contributed by atoms with van der Waals surface area (Å²) in [5, 5.41) is 0. The maximum absolute atomic E-state index is 4.71. The van der Waals surface area contributed by atoms with E-state index in [0.717, 1.165) is 124 Å². The van der Waals surface area contributed by atoms with Gasteiger partial charge in [0.25, 0.3) is 0 Å². The molecule has 0 amide bonds. The fourth-order valence-electron chi connectivity index (χ4n) is 14.2. The monoisotopic (exact) mass is 1490 g/mol. The van der Waals surface area contributed by atoms with Crippen molar-refractivity contribution in [1.29, 1.82) is 0 Å². The van der Waals surface area contributed by atoms with Crippen molar-refractivity contribution in [2.75, 3.05) is 0 Å². The molecule has 0 radical (unpaired) electrons. The van der Waals surface area contributed by atoms with Crippen LogP contribution in [0.1, 0.15) is 347 Å². The summed E-state index contributed by atoms with van der Waals surface area (Å²) in [5.41, 5.74) is 32.0. The van der Waals surface area contributed by atoms with Gasteiger partial charge in [-0.25, -0.2) is 39.9 Å². The molecule has 110 heavy (non-hydrogen) atoms. The molecule has 6 aliphatic carbocycles. The van der Waals surface area contributed by atoms with E-state index in [4.69, 9.17) is 9.97 Å². The smallest absolute Gasteiger partial charge is 0.129 e. The summed E-state index contributed by atoms with van der Waals surface area (Å²) < 4.78 is 0. The molecule has 4 aromatic heterocycles. The Hall–Kier alpha value is -8.36. The second-order valence-corrected chi connectivity index (χ2v) is 25.1. The summed E-state index contributed by atoms with van der Waals surface area (Å²) >= 11 is 0. The van der Waals surface area contributed by atoms with E-state index >= 15 is 0 Å². The predicted molar refractivity (Wildman–Crippen MR) is 487 cm³/mol. The molecule has 0 aliphatic heterocycles. The lowest BCUT2D eigenvalue weighted by Crippen LogP contribution is -2.03. The summed E-state index contributed by atoms with van der Waals surface area (Å²) in [5.74, 6) is 7.12. The molecule has 602 valence electrons. The summed E-state index contributed by atoms with van der Waals surface area (Å²) in [6.07, 6.45) is 14.1. The lowest BCUT2D eigenvalue weighted by Gasteiger charge is -2.08. The van der Waals surface area contributed by atoms with E-state index < -0.39 is 0 Å². The molecule has 0 bridgehead atoms. The summed E-state index contributed by atoms with van der Waals surface area (Å²) in [7, 11) is 0. The number of rotatable bonds is 8. The van der Waals surface area contributed by atoms with Crippen LogP contribution in [0.5, 0.6) is 0 Å². The van der Waals surface area contributed by atoms with Gasteiger partial charge in [-0.15, -0.1) is 0 Å². The van der Waals surface area contributed by atoms with Crippen molar-refractivity contribution in [2.45, 2.75) is 324 Å². The molecule has 0 saturated heterocycles. The normalized spacial score (nSPS) is 13.8. The first-order valence-corrected chi connectivity index (χ1v) is 42.9. The first kappa shape index (κ1) is 102. The van der Waals surface area contributed by atoms with Crippen molar-refractivity contribution >= 4 is 0 Å². The van der Waals surface area contributed by atoms with Crippen LogP contribution in [0.4, 0.5) is 0 Å². The maximum Gasteiger partial charge on any atom is 0.129 e. The van der Waals surface area contributed by atoms with Gasteiger partial charge in [0.1, 0.15) is 23.3 Å². The third-order valence-corrected chi connectivity index (χ3v) is 19.5. The van der Waals surface area contributed by atoms with Gasteiger partial charge < -0.3 is 0 Å². The molecule has 0 saturated carbocycles. The van der Waals surface area contributed by atoms with Gasteiger partial charge in [0.05, 0.1) is 34.2 Å². The van der Waals surface area contributed by atoms with Crippen molar-refractivity contribution in [3.8, 4) is 44.8 Å². The third-order valence-electron chi connectivity index (χ3n) is 19.5. The molecular formula is C102H154N8. The van der Waals surface area contributed by atoms with Crippen LogP contribution in [0.3, 0.4) is 0 Å². The van der Waals surface area contributed by atoms with Gasteiger partial charge in [-0.05, 0) is 118 Å². The minimum Gasteiger partial charge on any atom is -0.238 e. The summed E-state index contributed by atoms with van der Waals surface area (Å²) in [4.78, 5) is 37.4. The van der Waals surface area contributed by atoms with Crippen LogP contribution in [0, 0.1) is 11.8 Å². The van der Waals surface area contributed by atoms with E-state index in [1.807, 2.05) is 125 Å².